The molecule has 98 valence electrons. The van der Waals surface area contributed by atoms with Crippen LogP contribution in [0.4, 0.5) is 14.5 Å². The highest BCUT2D eigenvalue weighted by atomic mass is 19.1. The number of hydrogen-bond donors (Lipinski definition) is 1. The Kier molecular flexibility index (Phi) is 3.15. The Morgan fingerprint density at radius 3 is 2.53 bits per heavy atom. The minimum absolute atomic E-state index is 0.130. The summed E-state index contributed by atoms with van der Waals surface area (Å²) in [6.07, 6.45) is 3.25. The predicted octanol–water partition coefficient (Wildman–Crippen LogP) is 3.72. The quantitative estimate of drug-likeness (QED) is 0.851. The summed E-state index contributed by atoms with van der Waals surface area (Å²) in [6, 6.07) is 10.2. The lowest BCUT2D eigenvalue weighted by molar-refractivity contribution is 0.363. The fourth-order valence-electron chi connectivity index (χ4n) is 2.49. The summed E-state index contributed by atoms with van der Waals surface area (Å²) < 4.78 is 26.3. The topological polar surface area (TPSA) is 24.9 Å². The molecule has 1 heterocycles. The molecule has 1 aliphatic rings. The Morgan fingerprint density at radius 1 is 1.05 bits per heavy atom. The maximum Gasteiger partial charge on any atom is 0.212 e. The van der Waals surface area contributed by atoms with Crippen molar-refractivity contribution in [1.29, 1.82) is 0 Å². The van der Waals surface area contributed by atoms with Gasteiger partial charge >= 0.3 is 0 Å². The van der Waals surface area contributed by atoms with Gasteiger partial charge in [-0.2, -0.15) is 4.39 Å². The Bertz CT molecular complexity index is 563. The van der Waals surface area contributed by atoms with Gasteiger partial charge in [0, 0.05) is 6.04 Å². The van der Waals surface area contributed by atoms with Crippen molar-refractivity contribution >= 4 is 5.69 Å². The molecule has 1 fully saturated rings. The number of aromatic nitrogens is 1. The minimum atomic E-state index is -0.483. The van der Waals surface area contributed by atoms with Gasteiger partial charge in [0.2, 0.25) is 5.95 Å². The summed E-state index contributed by atoms with van der Waals surface area (Å²) in [5, 5.41) is 3.27. The third-order valence-corrected chi connectivity index (χ3v) is 3.58. The third-order valence-electron chi connectivity index (χ3n) is 3.58. The first-order valence-corrected chi connectivity index (χ1v) is 6.35. The predicted molar refractivity (Wildman–Crippen MR) is 70.0 cm³/mol. The van der Waals surface area contributed by atoms with Crippen molar-refractivity contribution in [1.82, 2.24) is 4.98 Å². The van der Waals surface area contributed by atoms with E-state index < -0.39 is 5.95 Å². The molecule has 3 rings (SSSR count). The van der Waals surface area contributed by atoms with E-state index >= 15 is 0 Å². The first-order chi connectivity index (χ1) is 9.22. The van der Waals surface area contributed by atoms with Gasteiger partial charge in [-0.1, -0.05) is 18.2 Å². The van der Waals surface area contributed by atoms with Crippen molar-refractivity contribution in [3.63, 3.8) is 0 Å². The molecule has 0 atom stereocenters. The van der Waals surface area contributed by atoms with Gasteiger partial charge in [-0.15, -0.1) is 0 Å². The second-order valence-corrected chi connectivity index (χ2v) is 4.90. The molecule has 2 nitrogen and oxygen atoms in total. The van der Waals surface area contributed by atoms with Crippen LogP contribution in [0.1, 0.15) is 24.3 Å². The molecule has 0 aliphatic heterocycles. The number of nitrogens with zero attached hydrogens (tertiary/aromatic N) is 1. The zero-order chi connectivity index (χ0) is 13.2. The number of benzene rings is 1. The van der Waals surface area contributed by atoms with Crippen LogP contribution in [0.2, 0.25) is 0 Å². The van der Waals surface area contributed by atoms with Crippen LogP contribution >= 0.6 is 0 Å². The zero-order valence-electron chi connectivity index (χ0n) is 10.3. The lowest BCUT2D eigenvalue weighted by Gasteiger charge is -2.36. The number of pyridine rings is 1. The fourth-order valence-corrected chi connectivity index (χ4v) is 2.49. The molecule has 1 saturated carbocycles. The Labute approximate surface area is 110 Å². The molecule has 19 heavy (non-hydrogen) atoms. The summed E-state index contributed by atoms with van der Waals surface area (Å²) in [5.74, 6) is -0.343. The molecule has 1 aromatic heterocycles. The van der Waals surface area contributed by atoms with Crippen LogP contribution in [0, 0.1) is 11.8 Å². The number of halogens is 2. The average Bonchev–Trinajstić information content (AvgIpc) is 2.37. The summed E-state index contributed by atoms with van der Waals surface area (Å²) in [6.45, 7) is 0. The van der Waals surface area contributed by atoms with Gasteiger partial charge in [-0.25, -0.2) is 9.37 Å². The SMILES string of the molecule is Fc1ccc(NC2CC(c3ccccc3F)C2)cn1. The molecule has 0 amide bonds. The molecule has 0 unspecified atom stereocenters. The normalized spacial score (nSPS) is 21.8. The maximum absolute atomic E-state index is 13.6. The van der Waals surface area contributed by atoms with Gasteiger partial charge in [0.05, 0.1) is 11.9 Å². The summed E-state index contributed by atoms with van der Waals surface area (Å²) in [7, 11) is 0. The second-order valence-electron chi connectivity index (χ2n) is 4.90. The van der Waals surface area contributed by atoms with Crippen LogP contribution in [-0.2, 0) is 0 Å². The van der Waals surface area contributed by atoms with Crippen molar-refractivity contribution in [3.05, 3.63) is 59.9 Å². The Balaban J connectivity index is 1.58. The Morgan fingerprint density at radius 2 is 1.84 bits per heavy atom. The van der Waals surface area contributed by atoms with Gasteiger partial charge in [-0.3, -0.25) is 0 Å². The molecule has 4 heteroatoms. The molecule has 1 aromatic carbocycles. The van der Waals surface area contributed by atoms with Crippen LogP contribution in [0.5, 0.6) is 0 Å². The Hall–Kier alpha value is -1.97. The lowest BCUT2D eigenvalue weighted by atomic mass is 9.75. The molecular formula is C15H14F2N2. The van der Waals surface area contributed by atoms with Gasteiger partial charge in [0.25, 0.3) is 0 Å². The molecule has 0 spiro atoms. The van der Waals surface area contributed by atoms with E-state index in [0.29, 0.717) is 6.04 Å². The minimum Gasteiger partial charge on any atom is -0.381 e. The molecule has 2 aromatic rings. The molecule has 1 N–H and O–H groups in total. The van der Waals surface area contributed by atoms with Crippen LogP contribution < -0.4 is 5.32 Å². The van der Waals surface area contributed by atoms with Crippen molar-refractivity contribution in [3.8, 4) is 0 Å². The van der Waals surface area contributed by atoms with Crippen LogP contribution in [0.15, 0.2) is 42.6 Å². The van der Waals surface area contributed by atoms with E-state index in [1.165, 1.54) is 18.3 Å². The van der Waals surface area contributed by atoms with Crippen molar-refractivity contribution < 1.29 is 8.78 Å². The largest absolute Gasteiger partial charge is 0.381 e. The second kappa shape index (κ2) is 4.96. The first kappa shape index (κ1) is 12.1. The van der Waals surface area contributed by atoms with Crippen molar-refractivity contribution in [2.45, 2.75) is 24.8 Å². The molecule has 0 saturated heterocycles. The monoisotopic (exact) mass is 260 g/mol. The smallest absolute Gasteiger partial charge is 0.212 e. The average molecular weight is 260 g/mol. The molecular weight excluding hydrogens is 246 g/mol. The molecule has 1 aliphatic carbocycles. The van der Waals surface area contributed by atoms with E-state index in [0.717, 1.165) is 24.1 Å². The zero-order valence-corrected chi connectivity index (χ0v) is 10.3. The van der Waals surface area contributed by atoms with E-state index in [-0.39, 0.29) is 11.7 Å². The first-order valence-electron chi connectivity index (χ1n) is 6.35. The third kappa shape index (κ3) is 2.57. The number of nitrogens with one attached hydrogen (secondary N) is 1. The summed E-state index contributed by atoms with van der Waals surface area (Å²) in [5.41, 5.74) is 1.59. The maximum atomic E-state index is 13.6. The fraction of sp³-hybridized carbons (Fsp3) is 0.267. The number of rotatable bonds is 3. The van der Waals surface area contributed by atoms with Gasteiger partial charge < -0.3 is 5.32 Å². The highest BCUT2D eigenvalue weighted by Gasteiger charge is 2.31. The highest BCUT2D eigenvalue weighted by Crippen LogP contribution is 2.39. The molecule has 0 radical (unpaired) electrons. The van der Waals surface area contributed by atoms with Gasteiger partial charge in [0.1, 0.15) is 5.82 Å². The number of hydrogen-bond acceptors (Lipinski definition) is 2. The lowest BCUT2D eigenvalue weighted by Crippen LogP contribution is -2.34. The standard InChI is InChI=1S/C15H14F2N2/c16-14-4-2-1-3-13(14)10-7-12(8-10)19-11-5-6-15(17)18-9-11/h1-6,9-10,12,19H,7-8H2. The van der Waals surface area contributed by atoms with E-state index in [9.17, 15) is 8.78 Å². The van der Waals surface area contributed by atoms with Gasteiger partial charge in [0.15, 0.2) is 0 Å². The highest BCUT2D eigenvalue weighted by molar-refractivity contribution is 5.42. The van der Waals surface area contributed by atoms with E-state index in [4.69, 9.17) is 0 Å². The van der Waals surface area contributed by atoms with Gasteiger partial charge in [-0.05, 0) is 42.5 Å². The van der Waals surface area contributed by atoms with Crippen LogP contribution in [0.25, 0.3) is 0 Å². The van der Waals surface area contributed by atoms with E-state index in [1.54, 1.807) is 12.1 Å². The van der Waals surface area contributed by atoms with Crippen molar-refractivity contribution in [2.24, 2.45) is 0 Å². The summed E-state index contributed by atoms with van der Waals surface area (Å²) >= 11 is 0. The summed E-state index contributed by atoms with van der Waals surface area (Å²) in [4.78, 5) is 3.59. The van der Waals surface area contributed by atoms with Crippen molar-refractivity contribution in [2.75, 3.05) is 5.32 Å². The van der Waals surface area contributed by atoms with Crippen LogP contribution in [-0.4, -0.2) is 11.0 Å². The number of anilines is 1. The van der Waals surface area contributed by atoms with Crippen LogP contribution in [0.3, 0.4) is 0 Å². The molecule has 0 bridgehead atoms. The van der Waals surface area contributed by atoms with E-state index in [1.807, 2.05) is 12.1 Å². The van der Waals surface area contributed by atoms with E-state index in [2.05, 4.69) is 10.3 Å².